The smallest absolute Gasteiger partial charge is 0.224 e. The van der Waals surface area contributed by atoms with E-state index in [2.05, 4.69) is 24.8 Å². The van der Waals surface area contributed by atoms with E-state index >= 15 is 0 Å². The zero-order valence-electron chi connectivity index (χ0n) is 15.4. The van der Waals surface area contributed by atoms with E-state index in [9.17, 15) is 4.79 Å². The second-order valence-corrected chi connectivity index (χ2v) is 6.89. The lowest BCUT2D eigenvalue weighted by Gasteiger charge is -2.22. The molecule has 0 aliphatic carbocycles. The van der Waals surface area contributed by atoms with Crippen molar-refractivity contribution >= 4 is 5.91 Å². The topological polar surface area (TPSA) is 81.7 Å². The van der Waals surface area contributed by atoms with Crippen molar-refractivity contribution in [3.8, 4) is 0 Å². The van der Waals surface area contributed by atoms with Crippen molar-refractivity contribution in [2.75, 3.05) is 13.1 Å². The van der Waals surface area contributed by atoms with Crippen LogP contribution in [0.15, 0.2) is 43.0 Å². The van der Waals surface area contributed by atoms with Gasteiger partial charge in [0.05, 0.1) is 6.04 Å². The van der Waals surface area contributed by atoms with E-state index < -0.39 is 0 Å². The van der Waals surface area contributed by atoms with Crippen LogP contribution in [0.3, 0.4) is 0 Å². The molecule has 0 spiro atoms. The first-order chi connectivity index (χ1) is 13.2. The summed E-state index contributed by atoms with van der Waals surface area (Å²) in [5.41, 5.74) is 1.11. The zero-order chi connectivity index (χ0) is 18.6. The zero-order valence-corrected chi connectivity index (χ0v) is 15.4. The molecule has 1 aliphatic rings. The molecule has 3 aromatic heterocycles. The summed E-state index contributed by atoms with van der Waals surface area (Å²) >= 11 is 0. The predicted molar refractivity (Wildman–Crippen MR) is 98.9 cm³/mol. The molecule has 4 heterocycles. The molecular weight excluding hydrogens is 342 g/mol. The fraction of sp³-hybridized carbons (Fsp3) is 0.421. The van der Waals surface area contributed by atoms with E-state index in [-0.39, 0.29) is 11.9 Å². The van der Waals surface area contributed by atoms with Gasteiger partial charge in [0.1, 0.15) is 11.6 Å². The summed E-state index contributed by atoms with van der Waals surface area (Å²) in [7, 11) is 0. The number of rotatable bonds is 5. The summed E-state index contributed by atoms with van der Waals surface area (Å²) in [6, 6.07) is 5.90. The summed E-state index contributed by atoms with van der Waals surface area (Å²) in [5.74, 6) is 2.03. The lowest BCUT2D eigenvalue weighted by molar-refractivity contribution is -0.132. The van der Waals surface area contributed by atoms with Crippen molar-refractivity contribution in [2.45, 2.75) is 38.8 Å². The van der Waals surface area contributed by atoms with Crippen molar-refractivity contribution in [3.05, 3.63) is 60.2 Å². The number of fused-ring (bicyclic) bond motifs is 1. The van der Waals surface area contributed by atoms with Gasteiger partial charge in [-0.15, -0.1) is 10.2 Å². The molecule has 3 aromatic rings. The summed E-state index contributed by atoms with van der Waals surface area (Å²) in [6.07, 6.45) is 9.12. The van der Waals surface area contributed by atoms with Crippen molar-refractivity contribution in [2.24, 2.45) is 0 Å². The number of amides is 1. The first-order valence-electron chi connectivity index (χ1n) is 9.27. The van der Waals surface area contributed by atoms with Crippen molar-refractivity contribution in [3.63, 3.8) is 0 Å². The van der Waals surface area contributed by atoms with E-state index in [0.29, 0.717) is 25.9 Å². The molecular formula is C19H23N7O. The Labute approximate surface area is 157 Å². The molecule has 0 aromatic carbocycles. The summed E-state index contributed by atoms with van der Waals surface area (Å²) in [4.78, 5) is 18.8. The highest BCUT2D eigenvalue weighted by atomic mass is 16.2. The van der Waals surface area contributed by atoms with Crippen LogP contribution >= 0.6 is 0 Å². The fourth-order valence-electron chi connectivity index (χ4n) is 3.47. The van der Waals surface area contributed by atoms with E-state index in [1.807, 2.05) is 47.1 Å². The first kappa shape index (κ1) is 17.4. The van der Waals surface area contributed by atoms with Crippen LogP contribution in [-0.4, -0.2) is 53.4 Å². The molecule has 0 saturated carbocycles. The number of pyridine rings is 1. The van der Waals surface area contributed by atoms with Gasteiger partial charge in [0.25, 0.3) is 0 Å². The Hall–Kier alpha value is -3.03. The Morgan fingerprint density at radius 3 is 2.89 bits per heavy atom. The Bertz CT molecular complexity index is 888. The van der Waals surface area contributed by atoms with E-state index in [1.165, 1.54) is 0 Å². The second kappa shape index (κ2) is 7.69. The molecule has 1 atom stereocenters. The third-order valence-electron chi connectivity index (χ3n) is 4.99. The van der Waals surface area contributed by atoms with Gasteiger partial charge in [-0.3, -0.25) is 14.5 Å². The molecule has 8 nitrogen and oxygen atoms in total. The van der Waals surface area contributed by atoms with Crippen LogP contribution in [0.25, 0.3) is 0 Å². The van der Waals surface area contributed by atoms with E-state index in [1.54, 1.807) is 12.4 Å². The van der Waals surface area contributed by atoms with Crippen molar-refractivity contribution < 1.29 is 4.79 Å². The van der Waals surface area contributed by atoms with Gasteiger partial charge in [-0.05, 0) is 24.6 Å². The SMILES string of the molecule is C[C@H](CC(=O)N1CCc2nnc(Cc3cccnc3)n2CC1)n1cccn1. The second-order valence-electron chi connectivity index (χ2n) is 6.89. The molecule has 0 bridgehead atoms. The van der Waals surface area contributed by atoms with Crippen LogP contribution in [0.1, 0.15) is 36.6 Å². The average Bonchev–Trinajstić information content (AvgIpc) is 3.29. The van der Waals surface area contributed by atoms with Crippen LogP contribution in [0.4, 0.5) is 0 Å². The number of hydrogen-bond donors (Lipinski definition) is 0. The molecule has 140 valence electrons. The standard InChI is InChI=1S/C19H23N7O/c1-15(26-8-3-7-21-26)12-19(27)24-9-5-17-22-23-18(25(17)11-10-24)13-16-4-2-6-20-14-16/h2-4,6-8,14-15H,5,9-13H2,1H3/t15-/m1/s1. The van der Waals surface area contributed by atoms with Gasteiger partial charge >= 0.3 is 0 Å². The van der Waals surface area contributed by atoms with Gasteiger partial charge in [0.2, 0.25) is 5.91 Å². The van der Waals surface area contributed by atoms with Crippen molar-refractivity contribution in [1.29, 1.82) is 0 Å². The van der Waals surface area contributed by atoms with Gasteiger partial charge in [-0.2, -0.15) is 5.10 Å². The van der Waals surface area contributed by atoms with Crippen LogP contribution in [-0.2, 0) is 24.2 Å². The third-order valence-corrected chi connectivity index (χ3v) is 4.99. The molecule has 1 aliphatic heterocycles. The first-order valence-corrected chi connectivity index (χ1v) is 9.27. The third kappa shape index (κ3) is 3.89. The van der Waals surface area contributed by atoms with Crippen LogP contribution in [0, 0.1) is 0 Å². The summed E-state index contributed by atoms with van der Waals surface area (Å²) in [6.45, 7) is 4.09. The minimum atomic E-state index is 0.0515. The number of nitrogens with zero attached hydrogens (tertiary/aromatic N) is 7. The van der Waals surface area contributed by atoms with Gasteiger partial charge in [0, 0.05) is 63.7 Å². The van der Waals surface area contributed by atoms with E-state index in [0.717, 1.165) is 30.2 Å². The molecule has 4 rings (SSSR count). The van der Waals surface area contributed by atoms with E-state index in [4.69, 9.17) is 0 Å². The highest BCUT2D eigenvalue weighted by molar-refractivity contribution is 5.76. The summed E-state index contributed by atoms with van der Waals surface area (Å²) < 4.78 is 3.98. The maximum Gasteiger partial charge on any atom is 0.224 e. The highest BCUT2D eigenvalue weighted by Gasteiger charge is 2.23. The number of hydrogen-bond acceptors (Lipinski definition) is 5. The Kier molecular flexibility index (Phi) is 4.95. The number of carbonyl (C=O) groups is 1. The molecule has 0 radical (unpaired) electrons. The minimum Gasteiger partial charge on any atom is -0.340 e. The fourth-order valence-corrected chi connectivity index (χ4v) is 3.47. The maximum atomic E-state index is 12.7. The molecule has 0 fully saturated rings. The van der Waals surface area contributed by atoms with Crippen LogP contribution < -0.4 is 0 Å². The Balaban J connectivity index is 1.40. The molecule has 0 saturated heterocycles. The predicted octanol–water partition coefficient (Wildman–Crippen LogP) is 1.50. The monoisotopic (exact) mass is 365 g/mol. The molecule has 8 heteroatoms. The average molecular weight is 365 g/mol. The van der Waals surface area contributed by atoms with Crippen molar-refractivity contribution in [1.82, 2.24) is 34.4 Å². The Morgan fingerprint density at radius 2 is 2.11 bits per heavy atom. The number of carbonyl (C=O) groups excluding carboxylic acids is 1. The minimum absolute atomic E-state index is 0.0515. The van der Waals surface area contributed by atoms with Gasteiger partial charge in [0.15, 0.2) is 0 Å². The van der Waals surface area contributed by atoms with Gasteiger partial charge in [-0.25, -0.2) is 0 Å². The number of aromatic nitrogens is 6. The lowest BCUT2D eigenvalue weighted by atomic mass is 10.2. The Morgan fingerprint density at radius 1 is 1.19 bits per heavy atom. The van der Waals surface area contributed by atoms with Crippen LogP contribution in [0.2, 0.25) is 0 Å². The quantitative estimate of drug-likeness (QED) is 0.684. The normalized spacial score (nSPS) is 15.2. The summed E-state index contributed by atoms with van der Waals surface area (Å²) in [5, 5.41) is 12.9. The maximum absolute atomic E-state index is 12.7. The molecule has 0 N–H and O–H groups in total. The largest absolute Gasteiger partial charge is 0.340 e. The lowest BCUT2D eigenvalue weighted by Crippen LogP contribution is -2.35. The van der Waals surface area contributed by atoms with Crippen LogP contribution in [0.5, 0.6) is 0 Å². The molecule has 0 unspecified atom stereocenters. The van der Waals surface area contributed by atoms with Gasteiger partial charge in [-0.1, -0.05) is 6.07 Å². The molecule has 1 amide bonds. The molecule has 27 heavy (non-hydrogen) atoms. The van der Waals surface area contributed by atoms with Gasteiger partial charge < -0.3 is 9.47 Å². The highest BCUT2D eigenvalue weighted by Crippen LogP contribution is 2.16.